The van der Waals surface area contributed by atoms with E-state index in [4.69, 9.17) is 10.3 Å². The zero-order valence-corrected chi connectivity index (χ0v) is 12.5. The third-order valence-electron chi connectivity index (χ3n) is 3.10. The van der Waals surface area contributed by atoms with Crippen molar-refractivity contribution < 1.29 is 4.52 Å². The molecule has 5 nitrogen and oxygen atoms in total. The van der Waals surface area contributed by atoms with Crippen molar-refractivity contribution in [1.29, 1.82) is 0 Å². The fourth-order valence-electron chi connectivity index (χ4n) is 2.11. The first kappa shape index (κ1) is 15.6. The van der Waals surface area contributed by atoms with E-state index in [-0.39, 0.29) is 12.4 Å². The van der Waals surface area contributed by atoms with Gasteiger partial charge in [0.1, 0.15) is 5.76 Å². The highest BCUT2D eigenvalue weighted by atomic mass is 35.5. The normalized spacial score (nSPS) is 10.5. The van der Waals surface area contributed by atoms with Gasteiger partial charge in [-0.05, 0) is 20.3 Å². The minimum atomic E-state index is 0. The summed E-state index contributed by atoms with van der Waals surface area (Å²) in [4.78, 5) is 4.39. The largest absolute Gasteiger partial charge is 0.369 e. The molecule has 0 fully saturated rings. The molecule has 19 heavy (non-hydrogen) atoms. The van der Waals surface area contributed by atoms with Crippen LogP contribution in [0.4, 0.5) is 5.95 Å². The van der Waals surface area contributed by atoms with Crippen molar-refractivity contribution >= 4 is 18.4 Å². The summed E-state index contributed by atoms with van der Waals surface area (Å²) >= 11 is 0. The first-order valence-electron chi connectivity index (χ1n) is 6.39. The number of nitrogens with two attached hydrogens (primary N) is 1. The first-order chi connectivity index (χ1) is 8.63. The first-order valence-corrected chi connectivity index (χ1v) is 6.39. The molecule has 2 aromatic heterocycles. The van der Waals surface area contributed by atoms with E-state index in [9.17, 15) is 0 Å². The van der Waals surface area contributed by atoms with Crippen LogP contribution in [-0.4, -0.2) is 14.7 Å². The van der Waals surface area contributed by atoms with Crippen molar-refractivity contribution in [1.82, 2.24) is 14.7 Å². The minimum absolute atomic E-state index is 0. The number of aromatic nitrogens is 3. The predicted octanol–water partition coefficient (Wildman–Crippen LogP) is 3.35. The third-order valence-corrected chi connectivity index (χ3v) is 3.10. The van der Waals surface area contributed by atoms with Crippen LogP contribution in [0.25, 0.3) is 11.3 Å². The number of nitrogens with zero attached hydrogens (tertiary/aromatic N) is 3. The van der Waals surface area contributed by atoms with Crippen molar-refractivity contribution in [3.63, 3.8) is 0 Å². The lowest BCUT2D eigenvalue weighted by molar-refractivity contribution is 0.393. The average Bonchev–Trinajstić information content (AvgIpc) is 2.84. The molecular formula is C13H21ClN4O. The van der Waals surface area contributed by atoms with Crippen LogP contribution in [0.1, 0.15) is 37.6 Å². The molecule has 0 bridgehead atoms. The summed E-state index contributed by atoms with van der Waals surface area (Å²) in [5, 5.41) is 3.94. The highest BCUT2D eigenvalue weighted by Crippen LogP contribution is 2.26. The number of aryl methyl sites for hydroxylation is 3. The van der Waals surface area contributed by atoms with E-state index in [1.54, 1.807) is 0 Å². The molecule has 0 unspecified atom stereocenters. The maximum Gasteiger partial charge on any atom is 0.200 e. The maximum atomic E-state index is 5.93. The molecule has 0 spiro atoms. The standard InChI is InChI=1S/C13H20N4O.ClH/c1-4-5-6-7-17-8-11(15-13(17)14)12-9(2)16-18-10(12)3;/h8H,4-7H2,1-3H3,(H2,14,15);1H. The predicted molar refractivity (Wildman–Crippen MR) is 78.4 cm³/mol. The average molecular weight is 285 g/mol. The lowest BCUT2D eigenvalue weighted by Gasteiger charge is -2.02. The van der Waals surface area contributed by atoms with Gasteiger partial charge < -0.3 is 14.8 Å². The summed E-state index contributed by atoms with van der Waals surface area (Å²) in [5.41, 5.74) is 8.59. The quantitative estimate of drug-likeness (QED) is 0.855. The molecule has 0 atom stereocenters. The Morgan fingerprint density at radius 3 is 2.63 bits per heavy atom. The molecule has 0 aromatic carbocycles. The van der Waals surface area contributed by atoms with Crippen molar-refractivity contribution in [2.24, 2.45) is 0 Å². The number of hydrogen-bond donors (Lipinski definition) is 1. The second-order valence-corrected chi connectivity index (χ2v) is 4.58. The van der Waals surface area contributed by atoms with Gasteiger partial charge in [0, 0.05) is 12.7 Å². The smallest absolute Gasteiger partial charge is 0.200 e. The fraction of sp³-hybridized carbons (Fsp3) is 0.538. The number of unbranched alkanes of at least 4 members (excludes halogenated alkanes) is 2. The van der Waals surface area contributed by atoms with Crippen LogP contribution in [0.5, 0.6) is 0 Å². The van der Waals surface area contributed by atoms with E-state index < -0.39 is 0 Å². The number of anilines is 1. The number of rotatable bonds is 5. The zero-order chi connectivity index (χ0) is 13.1. The van der Waals surface area contributed by atoms with Crippen LogP contribution in [-0.2, 0) is 6.54 Å². The van der Waals surface area contributed by atoms with Crippen LogP contribution in [0.2, 0.25) is 0 Å². The molecule has 2 rings (SSSR count). The summed E-state index contributed by atoms with van der Waals surface area (Å²) < 4.78 is 7.15. The summed E-state index contributed by atoms with van der Waals surface area (Å²) in [6.07, 6.45) is 5.51. The van der Waals surface area contributed by atoms with E-state index in [0.29, 0.717) is 5.95 Å². The molecule has 0 amide bonds. The Morgan fingerprint density at radius 2 is 2.05 bits per heavy atom. The van der Waals surface area contributed by atoms with Crippen molar-refractivity contribution in [2.45, 2.75) is 46.6 Å². The van der Waals surface area contributed by atoms with Crippen LogP contribution < -0.4 is 5.73 Å². The van der Waals surface area contributed by atoms with Crippen LogP contribution in [0.15, 0.2) is 10.7 Å². The van der Waals surface area contributed by atoms with Gasteiger partial charge in [-0.2, -0.15) is 0 Å². The molecule has 0 saturated carbocycles. The monoisotopic (exact) mass is 284 g/mol. The van der Waals surface area contributed by atoms with Crippen LogP contribution in [0.3, 0.4) is 0 Å². The molecule has 0 saturated heterocycles. The minimum Gasteiger partial charge on any atom is -0.369 e. The third kappa shape index (κ3) is 3.29. The second-order valence-electron chi connectivity index (χ2n) is 4.58. The highest BCUT2D eigenvalue weighted by Gasteiger charge is 2.15. The Morgan fingerprint density at radius 1 is 1.32 bits per heavy atom. The Labute approximate surface area is 119 Å². The Kier molecular flexibility index (Phi) is 5.42. The number of halogens is 1. The lowest BCUT2D eigenvalue weighted by atomic mass is 10.1. The molecule has 0 aliphatic rings. The highest BCUT2D eigenvalue weighted by molar-refractivity contribution is 5.85. The number of nitrogen functional groups attached to an aromatic ring is 1. The Bertz CT molecular complexity index is 513. The summed E-state index contributed by atoms with van der Waals surface area (Å²) in [6.45, 7) is 6.91. The van der Waals surface area contributed by atoms with Gasteiger partial charge in [0.25, 0.3) is 0 Å². The van der Waals surface area contributed by atoms with Crippen molar-refractivity contribution in [2.75, 3.05) is 5.73 Å². The maximum absolute atomic E-state index is 5.93. The summed E-state index contributed by atoms with van der Waals surface area (Å²) in [7, 11) is 0. The molecule has 2 aromatic rings. The van der Waals surface area contributed by atoms with Crippen LogP contribution >= 0.6 is 12.4 Å². The van der Waals surface area contributed by atoms with E-state index in [0.717, 1.165) is 35.7 Å². The van der Waals surface area contributed by atoms with E-state index in [1.165, 1.54) is 12.8 Å². The van der Waals surface area contributed by atoms with Crippen molar-refractivity contribution in [3.05, 3.63) is 17.7 Å². The van der Waals surface area contributed by atoms with Gasteiger partial charge in [-0.1, -0.05) is 24.9 Å². The Balaban J connectivity index is 0.00000180. The Hall–Kier alpha value is -1.49. The van der Waals surface area contributed by atoms with Gasteiger partial charge in [-0.25, -0.2) is 4.98 Å². The molecule has 6 heteroatoms. The molecular weight excluding hydrogens is 264 g/mol. The van der Waals surface area contributed by atoms with Gasteiger partial charge in [-0.15, -0.1) is 12.4 Å². The van der Waals surface area contributed by atoms with E-state index in [1.807, 2.05) is 24.6 Å². The molecule has 0 aliphatic heterocycles. The molecule has 0 aliphatic carbocycles. The topological polar surface area (TPSA) is 69.9 Å². The molecule has 2 heterocycles. The molecule has 106 valence electrons. The van der Waals surface area contributed by atoms with Gasteiger partial charge in [-0.3, -0.25) is 0 Å². The number of hydrogen-bond acceptors (Lipinski definition) is 4. The van der Waals surface area contributed by atoms with Crippen molar-refractivity contribution in [3.8, 4) is 11.3 Å². The second kappa shape index (κ2) is 6.61. The van der Waals surface area contributed by atoms with Gasteiger partial charge >= 0.3 is 0 Å². The fourth-order valence-corrected chi connectivity index (χ4v) is 2.11. The van der Waals surface area contributed by atoms with E-state index >= 15 is 0 Å². The zero-order valence-electron chi connectivity index (χ0n) is 11.6. The van der Waals surface area contributed by atoms with E-state index in [2.05, 4.69) is 17.1 Å². The van der Waals surface area contributed by atoms with Gasteiger partial charge in [0.2, 0.25) is 5.95 Å². The summed E-state index contributed by atoms with van der Waals surface area (Å²) in [5.74, 6) is 1.34. The van der Waals surface area contributed by atoms with Gasteiger partial charge in [0.15, 0.2) is 0 Å². The molecule has 0 radical (unpaired) electrons. The molecule has 2 N–H and O–H groups in total. The van der Waals surface area contributed by atoms with Gasteiger partial charge in [0.05, 0.1) is 17.0 Å². The lowest BCUT2D eigenvalue weighted by Crippen LogP contribution is -2.02. The summed E-state index contributed by atoms with van der Waals surface area (Å²) in [6, 6.07) is 0. The number of imidazole rings is 1. The SMILES string of the molecule is CCCCCn1cc(-c2c(C)noc2C)nc1N.Cl. The van der Waals surface area contributed by atoms with Crippen LogP contribution in [0, 0.1) is 13.8 Å².